The maximum absolute atomic E-state index is 13.6. The topological polar surface area (TPSA) is 85.3 Å². The Balaban J connectivity index is 2.69. The van der Waals surface area contributed by atoms with Gasteiger partial charge in [0.05, 0.1) is 18.1 Å². The van der Waals surface area contributed by atoms with Crippen molar-refractivity contribution >= 4 is 21.9 Å². The molecular weight excluding hydrogens is 379 g/mol. The number of ether oxygens (including phenoxy) is 2. The molecule has 0 aromatic heterocycles. The first-order chi connectivity index (χ1) is 11.4. The second-order valence-corrected chi connectivity index (χ2v) is 5.65. The van der Waals surface area contributed by atoms with Crippen molar-refractivity contribution in [3.8, 4) is 6.07 Å². The Labute approximate surface area is 147 Å². The lowest BCUT2D eigenvalue weighted by Gasteiger charge is -2.28. The van der Waals surface area contributed by atoms with E-state index >= 15 is 0 Å². The van der Waals surface area contributed by atoms with Crippen LogP contribution in [0.5, 0.6) is 0 Å². The molecule has 0 fully saturated rings. The number of alkyl halides is 1. The van der Waals surface area contributed by atoms with Crippen LogP contribution < -0.4 is 5.73 Å². The van der Waals surface area contributed by atoms with Crippen molar-refractivity contribution in [1.29, 1.82) is 5.26 Å². The van der Waals surface area contributed by atoms with Gasteiger partial charge in [0.1, 0.15) is 23.2 Å². The lowest BCUT2D eigenvalue weighted by atomic mass is 9.81. The molecule has 2 rings (SSSR count). The highest BCUT2D eigenvalue weighted by molar-refractivity contribution is 9.08. The van der Waals surface area contributed by atoms with E-state index in [4.69, 9.17) is 15.2 Å². The fraction of sp³-hybridized carbons (Fsp3) is 0.294. The van der Waals surface area contributed by atoms with Crippen LogP contribution in [0.3, 0.4) is 0 Å². The summed E-state index contributed by atoms with van der Waals surface area (Å²) in [5, 5.41) is 9.85. The van der Waals surface area contributed by atoms with Gasteiger partial charge in [0, 0.05) is 5.33 Å². The minimum atomic E-state index is -0.768. The van der Waals surface area contributed by atoms with Gasteiger partial charge in [-0.3, -0.25) is 0 Å². The van der Waals surface area contributed by atoms with E-state index in [1.165, 1.54) is 12.1 Å². The Kier molecular flexibility index (Phi) is 5.62. The number of nitriles is 1. The molecule has 0 saturated heterocycles. The van der Waals surface area contributed by atoms with Crippen molar-refractivity contribution in [2.75, 3.05) is 6.61 Å². The van der Waals surface area contributed by atoms with Crippen LogP contribution >= 0.6 is 15.9 Å². The molecule has 1 aromatic carbocycles. The van der Waals surface area contributed by atoms with E-state index in [0.717, 1.165) is 0 Å². The summed E-state index contributed by atoms with van der Waals surface area (Å²) in [6.45, 7) is 3.44. The quantitative estimate of drug-likeness (QED) is 0.624. The van der Waals surface area contributed by atoms with Crippen molar-refractivity contribution < 1.29 is 18.7 Å². The van der Waals surface area contributed by atoms with E-state index in [1.807, 2.05) is 6.07 Å². The third kappa shape index (κ3) is 3.29. The van der Waals surface area contributed by atoms with Gasteiger partial charge in [-0.2, -0.15) is 5.26 Å². The van der Waals surface area contributed by atoms with E-state index in [2.05, 4.69) is 15.9 Å². The number of benzene rings is 1. The number of rotatable bonds is 4. The molecule has 0 spiro atoms. The zero-order valence-electron chi connectivity index (χ0n) is 13.2. The molecule has 1 aliphatic heterocycles. The molecule has 0 amide bonds. The first kappa shape index (κ1) is 18.0. The summed E-state index contributed by atoms with van der Waals surface area (Å²) in [4.78, 5) is 12.4. The number of carbonyl (C=O) groups excluding carboxylic acids is 1. The lowest BCUT2D eigenvalue weighted by molar-refractivity contribution is -0.139. The van der Waals surface area contributed by atoms with Crippen LogP contribution in [0.15, 0.2) is 41.0 Å². The van der Waals surface area contributed by atoms with Crippen LogP contribution in [0.1, 0.15) is 30.9 Å². The van der Waals surface area contributed by atoms with Crippen molar-refractivity contribution in [1.82, 2.24) is 0 Å². The van der Waals surface area contributed by atoms with Crippen molar-refractivity contribution in [2.45, 2.75) is 25.1 Å². The van der Waals surface area contributed by atoms with E-state index in [0.29, 0.717) is 16.5 Å². The van der Waals surface area contributed by atoms with Gasteiger partial charge in [-0.1, -0.05) is 22.0 Å². The maximum Gasteiger partial charge on any atom is 0.338 e. The average molecular weight is 395 g/mol. The van der Waals surface area contributed by atoms with E-state index in [-0.39, 0.29) is 29.4 Å². The molecule has 0 saturated carbocycles. The Morgan fingerprint density at radius 3 is 2.83 bits per heavy atom. The zero-order valence-corrected chi connectivity index (χ0v) is 14.8. The molecule has 1 heterocycles. The molecule has 2 N–H and O–H groups in total. The Hall–Kier alpha value is -2.33. The first-order valence-corrected chi connectivity index (χ1v) is 8.36. The average Bonchev–Trinajstić information content (AvgIpc) is 2.54. The Bertz CT molecular complexity index is 781. The smallest absolute Gasteiger partial charge is 0.338 e. The van der Waals surface area contributed by atoms with Gasteiger partial charge in [-0.05, 0) is 37.1 Å². The monoisotopic (exact) mass is 394 g/mol. The molecule has 0 radical (unpaired) electrons. The third-order valence-corrected chi connectivity index (χ3v) is 4.27. The van der Waals surface area contributed by atoms with Crippen LogP contribution in [0, 0.1) is 17.1 Å². The summed E-state index contributed by atoms with van der Waals surface area (Å²) in [6.07, 6.45) is 0. The summed E-state index contributed by atoms with van der Waals surface area (Å²) in [6, 6.07) is 6.16. The van der Waals surface area contributed by atoms with Crippen LogP contribution in [0.2, 0.25) is 0 Å². The molecule has 1 atom stereocenters. The molecule has 1 unspecified atom stereocenters. The standard InChI is InChI=1S/C17H16BrFN2O3/c1-3-23-17(22)14-9(2)24-16(21)13(8-20)15(14)12-5-4-11(19)6-10(12)7-18/h4-6,15H,3,7,21H2,1-2H3. The molecule has 0 aliphatic carbocycles. The second kappa shape index (κ2) is 7.49. The van der Waals surface area contributed by atoms with Crippen molar-refractivity contribution in [3.05, 3.63) is 57.9 Å². The molecule has 1 aromatic rings. The SMILES string of the molecule is CCOC(=O)C1=C(C)OC(N)=C(C#N)C1c1ccc(F)cc1CBr. The Morgan fingerprint density at radius 2 is 2.25 bits per heavy atom. The number of allylic oxidation sites excluding steroid dienone is 2. The second-order valence-electron chi connectivity index (χ2n) is 5.09. The van der Waals surface area contributed by atoms with E-state index in [9.17, 15) is 14.4 Å². The summed E-state index contributed by atoms with van der Waals surface area (Å²) in [5.41, 5.74) is 7.32. The zero-order chi connectivity index (χ0) is 17.9. The fourth-order valence-electron chi connectivity index (χ4n) is 2.64. The summed E-state index contributed by atoms with van der Waals surface area (Å²) < 4.78 is 24.0. The normalized spacial score (nSPS) is 17.4. The summed E-state index contributed by atoms with van der Waals surface area (Å²) in [5.74, 6) is -1.58. The third-order valence-electron chi connectivity index (χ3n) is 3.66. The van der Waals surface area contributed by atoms with Gasteiger partial charge in [0.25, 0.3) is 0 Å². The molecule has 7 heteroatoms. The summed E-state index contributed by atoms with van der Waals surface area (Å²) in [7, 11) is 0. The van der Waals surface area contributed by atoms with Gasteiger partial charge in [-0.25, -0.2) is 9.18 Å². The van der Waals surface area contributed by atoms with Crippen LogP contribution in [0.25, 0.3) is 0 Å². The largest absolute Gasteiger partial charge is 0.463 e. The molecule has 24 heavy (non-hydrogen) atoms. The summed E-state index contributed by atoms with van der Waals surface area (Å²) >= 11 is 3.31. The number of carbonyl (C=O) groups is 1. The predicted molar refractivity (Wildman–Crippen MR) is 89.0 cm³/mol. The molecular formula is C17H16BrFN2O3. The number of nitrogens with zero attached hydrogens (tertiary/aromatic N) is 1. The highest BCUT2D eigenvalue weighted by atomic mass is 79.9. The van der Waals surface area contributed by atoms with Crippen LogP contribution in [0.4, 0.5) is 4.39 Å². The van der Waals surface area contributed by atoms with Gasteiger partial charge in [0.2, 0.25) is 5.88 Å². The van der Waals surface area contributed by atoms with Gasteiger partial charge >= 0.3 is 5.97 Å². The predicted octanol–water partition coefficient (Wildman–Crippen LogP) is 3.37. The fourth-order valence-corrected chi connectivity index (χ4v) is 3.12. The van der Waals surface area contributed by atoms with E-state index < -0.39 is 17.7 Å². The highest BCUT2D eigenvalue weighted by Crippen LogP contribution is 2.41. The maximum atomic E-state index is 13.6. The highest BCUT2D eigenvalue weighted by Gasteiger charge is 2.37. The molecule has 5 nitrogen and oxygen atoms in total. The van der Waals surface area contributed by atoms with Gasteiger partial charge in [-0.15, -0.1) is 0 Å². The van der Waals surface area contributed by atoms with Crippen molar-refractivity contribution in [2.24, 2.45) is 5.73 Å². The number of halogens is 2. The van der Waals surface area contributed by atoms with Crippen LogP contribution in [-0.4, -0.2) is 12.6 Å². The minimum Gasteiger partial charge on any atom is -0.463 e. The van der Waals surface area contributed by atoms with Gasteiger partial charge < -0.3 is 15.2 Å². The van der Waals surface area contributed by atoms with E-state index in [1.54, 1.807) is 19.9 Å². The number of hydrogen-bond acceptors (Lipinski definition) is 5. The molecule has 1 aliphatic rings. The Morgan fingerprint density at radius 1 is 1.54 bits per heavy atom. The first-order valence-electron chi connectivity index (χ1n) is 7.24. The number of esters is 1. The van der Waals surface area contributed by atoms with Crippen LogP contribution in [-0.2, 0) is 19.6 Å². The van der Waals surface area contributed by atoms with Gasteiger partial charge in [0.15, 0.2) is 0 Å². The number of hydrogen-bond donors (Lipinski definition) is 1. The molecule has 0 bridgehead atoms. The minimum absolute atomic E-state index is 0.0714. The molecule has 126 valence electrons. The number of nitrogens with two attached hydrogens (primary N) is 1. The van der Waals surface area contributed by atoms with Crippen molar-refractivity contribution in [3.63, 3.8) is 0 Å². The lowest BCUT2D eigenvalue weighted by Crippen LogP contribution is -2.26.